The Morgan fingerprint density at radius 2 is 1.52 bits per heavy atom. The van der Waals surface area contributed by atoms with Gasteiger partial charge in [-0.25, -0.2) is 8.78 Å². The smallest absolute Gasteiger partial charge is 0.312 e. The van der Waals surface area contributed by atoms with Gasteiger partial charge in [-0.2, -0.15) is 8.78 Å². The van der Waals surface area contributed by atoms with Gasteiger partial charge in [-0.1, -0.05) is 31.2 Å². The Morgan fingerprint density at radius 3 is 2.00 bits per heavy atom. The molecule has 0 atom stereocenters. The number of rotatable bonds is 5. The normalized spacial score (nSPS) is 25.7. The number of hydrogen-bond donors (Lipinski definition) is 0. The quantitative estimate of drug-likeness (QED) is 0.493. The molecule has 0 spiro atoms. The fourth-order valence-electron chi connectivity index (χ4n) is 3.36. The third-order valence-corrected chi connectivity index (χ3v) is 5.29. The minimum absolute atomic E-state index is 0.0170. The van der Waals surface area contributed by atoms with Crippen molar-refractivity contribution in [2.45, 2.75) is 19.3 Å². The summed E-state index contributed by atoms with van der Waals surface area (Å²) in [7, 11) is 0. The first-order chi connectivity index (χ1) is 13.9. The summed E-state index contributed by atoms with van der Waals surface area (Å²) in [5.41, 5.74) is 1.24. The zero-order valence-corrected chi connectivity index (χ0v) is 15.5. The predicted molar refractivity (Wildman–Crippen MR) is 95.0 cm³/mol. The van der Waals surface area contributed by atoms with E-state index in [1.54, 1.807) is 24.3 Å². The second-order valence-corrected chi connectivity index (χ2v) is 7.15. The lowest BCUT2D eigenvalue weighted by Crippen LogP contribution is -2.58. The molecule has 0 N–H and O–H groups in total. The zero-order chi connectivity index (χ0) is 20.6. The Kier molecular flexibility index (Phi) is 5.10. The van der Waals surface area contributed by atoms with E-state index >= 15 is 0 Å². The molecule has 2 aromatic carbocycles. The first-order valence-corrected chi connectivity index (χ1v) is 9.06. The SMILES string of the molecule is CCC12COC(c3ccc(-c4cc(F)c(OC=C(F)F)c(F)c4)cc3)(OC1)OC2. The summed E-state index contributed by atoms with van der Waals surface area (Å²) in [5.74, 6) is -4.35. The molecule has 0 radical (unpaired) electrons. The van der Waals surface area contributed by atoms with Crippen LogP contribution in [0, 0.1) is 17.0 Å². The third-order valence-electron chi connectivity index (χ3n) is 5.29. The molecule has 29 heavy (non-hydrogen) atoms. The van der Waals surface area contributed by atoms with E-state index < -0.39 is 29.4 Å². The van der Waals surface area contributed by atoms with Crippen LogP contribution in [0.2, 0.25) is 0 Å². The number of hydrogen-bond acceptors (Lipinski definition) is 4. The molecule has 3 saturated heterocycles. The summed E-state index contributed by atoms with van der Waals surface area (Å²) in [6.07, 6.45) is -1.33. The fourth-order valence-corrected chi connectivity index (χ4v) is 3.36. The number of benzene rings is 2. The molecule has 3 aliphatic heterocycles. The first-order valence-electron chi connectivity index (χ1n) is 9.06. The number of fused-ring (bicyclic) bond motifs is 3. The van der Waals surface area contributed by atoms with E-state index in [-0.39, 0.29) is 17.2 Å². The van der Waals surface area contributed by atoms with Gasteiger partial charge in [0.05, 0.1) is 19.8 Å². The van der Waals surface area contributed by atoms with E-state index in [1.807, 2.05) is 0 Å². The van der Waals surface area contributed by atoms with Crippen LogP contribution >= 0.6 is 0 Å². The lowest BCUT2D eigenvalue weighted by Gasteiger charge is -2.51. The van der Waals surface area contributed by atoms with E-state index in [0.29, 0.717) is 30.9 Å². The van der Waals surface area contributed by atoms with Crippen LogP contribution in [0.25, 0.3) is 11.1 Å². The standard InChI is InChI=1S/C21H18F4O4/c1-2-20-10-27-21(28-11-20,29-12-20)15-5-3-13(4-6-15)14-7-16(22)19(17(23)8-14)26-9-18(24)25/h3-9H,2,10-12H2,1H3. The second kappa shape index (κ2) is 7.44. The molecule has 0 amide bonds. The molecule has 8 heteroatoms. The Balaban J connectivity index is 1.57. The van der Waals surface area contributed by atoms with Crippen LogP contribution in [0.3, 0.4) is 0 Å². The lowest BCUT2D eigenvalue weighted by molar-refractivity contribution is -0.480. The van der Waals surface area contributed by atoms with E-state index in [1.165, 1.54) is 0 Å². The molecule has 5 rings (SSSR count). The van der Waals surface area contributed by atoms with Crippen molar-refractivity contribution in [3.63, 3.8) is 0 Å². The predicted octanol–water partition coefficient (Wildman–Crippen LogP) is 5.33. The van der Waals surface area contributed by atoms with Gasteiger partial charge in [0.15, 0.2) is 23.6 Å². The second-order valence-electron chi connectivity index (χ2n) is 7.15. The van der Waals surface area contributed by atoms with Gasteiger partial charge in [0.25, 0.3) is 0 Å². The van der Waals surface area contributed by atoms with E-state index in [9.17, 15) is 17.6 Å². The Morgan fingerprint density at radius 1 is 0.966 bits per heavy atom. The van der Waals surface area contributed by atoms with Crippen LogP contribution in [-0.2, 0) is 20.2 Å². The molecule has 3 heterocycles. The van der Waals surface area contributed by atoms with Crippen molar-refractivity contribution in [1.29, 1.82) is 0 Å². The van der Waals surface area contributed by atoms with Gasteiger partial charge >= 0.3 is 12.1 Å². The highest BCUT2D eigenvalue weighted by Crippen LogP contribution is 2.45. The molecule has 0 aromatic heterocycles. The molecule has 3 aliphatic rings. The van der Waals surface area contributed by atoms with Crippen LogP contribution in [0.1, 0.15) is 18.9 Å². The van der Waals surface area contributed by atoms with Gasteiger partial charge in [-0.3, -0.25) is 0 Å². The van der Waals surface area contributed by atoms with Crippen LogP contribution in [0.15, 0.2) is 48.7 Å². The highest BCUT2D eigenvalue weighted by atomic mass is 19.3. The molecule has 2 bridgehead atoms. The first kappa shape index (κ1) is 19.9. The van der Waals surface area contributed by atoms with Gasteiger partial charge in [0.1, 0.15) is 0 Å². The van der Waals surface area contributed by atoms with Gasteiger partial charge in [-0.05, 0) is 29.7 Å². The van der Waals surface area contributed by atoms with E-state index in [0.717, 1.165) is 18.6 Å². The molecular weight excluding hydrogens is 392 g/mol. The summed E-state index contributed by atoms with van der Waals surface area (Å²) in [6, 6.07) is 8.70. The molecule has 3 fully saturated rings. The Labute approximate surface area is 164 Å². The zero-order valence-electron chi connectivity index (χ0n) is 15.5. The summed E-state index contributed by atoms with van der Waals surface area (Å²) in [4.78, 5) is 0. The Hall–Kier alpha value is -2.42. The summed E-state index contributed by atoms with van der Waals surface area (Å²) in [5, 5.41) is 0. The molecule has 0 unspecified atom stereocenters. The van der Waals surface area contributed by atoms with Crippen LogP contribution in [0.5, 0.6) is 5.75 Å². The van der Waals surface area contributed by atoms with Crippen LogP contribution < -0.4 is 4.74 Å². The lowest BCUT2D eigenvalue weighted by atomic mass is 9.85. The Bertz CT molecular complexity index is 891. The molecule has 154 valence electrons. The molecule has 4 nitrogen and oxygen atoms in total. The van der Waals surface area contributed by atoms with E-state index in [4.69, 9.17) is 14.2 Å². The average Bonchev–Trinajstić information content (AvgIpc) is 2.74. The highest BCUT2D eigenvalue weighted by Gasteiger charge is 2.52. The van der Waals surface area contributed by atoms with Gasteiger partial charge < -0.3 is 18.9 Å². The monoisotopic (exact) mass is 410 g/mol. The van der Waals surface area contributed by atoms with Crippen molar-refractivity contribution in [2.75, 3.05) is 19.8 Å². The molecule has 2 aromatic rings. The number of ether oxygens (including phenoxy) is 4. The third kappa shape index (κ3) is 3.63. The van der Waals surface area contributed by atoms with Crippen LogP contribution in [-0.4, -0.2) is 19.8 Å². The minimum atomic E-state index is -2.20. The van der Waals surface area contributed by atoms with Gasteiger partial charge in [-0.15, -0.1) is 0 Å². The molecule has 0 saturated carbocycles. The minimum Gasteiger partial charge on any atom is -0.453 e. The van der Waals surface area contributed by atoms with Crippen molar-refractivity contribution in [3.8, 4) is 16.9 Å². The van der Waals surface area contributed by atoms with Gasteiger partial charge in [0, 0.05) is 11.0 Å². The maximum absolute atomic E-state index is 14.1. The van der Waals surface area contributed by atoms with Crippen molar-refractivity contribution >= 4 is 0 Å². The van der Waals surface area contributed by atoms with Crippen molar-refractivity contribution in [1.82, 2.24) is 0 Å². The average molecular weight is 410 g/mol. The highest BCUT2D eigenvalue weighted by molar-refractivity contribution is 5.65. The largest absolute Gasteiger partial charge is 0.453 e. The van der Waals surface area contributed by atoms with Crippen molar-refractivity contribution < 1.29 is 36.5 Å². The van der Waals surface area contributed by atoms with Crippen molar-refractivity contribution in [2.24, 2.45) is 5.41 Å². The maximum Gasteiger partial charge on any atom is 0.312 e. The van der Waals surface area contributed by atoms with Gasteiger partial charge in [0.2, 0.25) is 0 Å². The number of halogens is 4. The molecule has 0 aliphatic carbocycles. The van der Waals surface area contributed by atoms with Crippen molar-refractivity contribution in [3.05, 3.63) is 65.9 Å². The summed E-state index contributed by atoms with van der Waals surface area (Å²) < 4.78 is 74.3. The van der Waals surface area contributed by atoms with Crippen LogP contribution in [0.4, 0.5) is 17.6 Å². The topological polar surface area (TPSA) is 36.9 Å². The summed E-state index contributed by atoms with van der Waals surface area (Å²) in [6.45, 7) is 3.63. The summed E-state index contributed by atoms with van der Waals surface area (Å²) >= 11 is 0. The maximum atomic E-state index is 14.1. The fraction of sp³-hybridized carbons (Fsp3) is 0.333. The van der Waals surface area contributed by atoms with E-state index in [2.05, 4.69) is 11.7 Å². The molecular formula is C21H18F4O4.